The van der Waals surface area contributed by atoms with Crippen LogP contribution in [-0.4, -0.2) is 38.8 Å². The molecular weight excluding hydrogens is 258 g/mol. The van der Waals surface area contributed by atoms with Gasteiger partial charge in [-0.3, -0.25) is 4.79 Å². The Morgan fingerprint density at radius 2 is 2.35 bits per heavy atom. The van der Waals surface area contributed by atoms with Gasteiger partial charge in [0, 0.05) is 13.1 Å². The number of piperidine rings is 1. The topological polar surface area (TPSA) is 96.8 Å². The standard InChI is InChI=1S/C13H17N5O2/c1-8-5-10(7-18-11(8)15-13(14)16-18)17-4-2-3-9(6-17)12(19)20/h5,7,9H,2-4,6H2,1H3,(H2,14,16)(H,19,20). The number of fused-ring (bicyclic) bond motifs is 1. The minimum absolute atomic E-state index is 0.243. The highest BCUT2D eigenvalue weighted by Crippen LogP contribution is 2.25. The van der Waals surface area contributed by atoms with Crippen LogP contribution in [0.3, 0.4) is 0 Å². The van der Waals surface area contributed by atoms with Crippen LogP contribution in [0.25, 0.3) is 5.65 Å². The predicted molar refractivity (Wildman–Crippen MR) is 74.7 cm³/mol. The quantitative estimate of drug-likeness (QED) is 0.846. The number of aliphatic carboxylic acids is 1. The molecule has 0 spiro atoms. The highest BCUT2D eigenvalue weighted by atomic mass is 16.4. The molecular formula is C13H17N5O2. The zero-order valence-corrected chi connectivity index (χ0v) is 11.3. The number of carboxylic acids is 1. The van der Waals surface area contributed by atoms with Crippen molar-refractivity contribution in [1.82, 2.24) is 14.6 Å². The number of rotatable bonds is 2. The van der Waals surface area contributed by atoms with Crippen molar-refractivity contribution in [2.75, 3.05) is 23.7 Å². The number of aryl methyl sites for hydroxylation is 1. The fourth-order valence-electron chi connectivity index (χ4n) is 2.73. The summed E-state index contributed by atoms with van der Waals surface area (Å²) in [6.07, 6.45) is 3.48. The van der Waals surface area contributed by atoms with Crippen LogP contribution in [-0.2, 0) is 4.79 Å². The number of pyridine rings is 1. The Bertz CT molecular complexity index is 666. The van der Waals surface area contributed by atoms with E-state index in [2.05, 4.69) is 15.0 Å². The molecule has 1 unspecified atom stereocenters. The van der Waals surface area contributed by atoms with Gasteiger partial charge in [-0.25, -0.2) is 4.52 Å². The van der Waals surface area contributed by atoms with Crippen LogP contribution in [0.1, 0.15) is 18.4 Å². The second kappa shape index (κ2) is 4.66. The van der Waals surface area contributed by atoms with E-state index >= 15 is 0 Å². The number of aromatic nitrogens is 3. The molecule has 106 valence electrons. The molecule has 1 atom stereocenters. The number of hydrogen-bond donors (Lipinski definition) is 2. The third kappa shape index (κ3) is 2.15. The van der Waals surface area contributed by atoms with Gasteiger partial charge >= 0.3 is 5.97 Å². The van der Waals surface area contributed by atoms with Gasteiger partial charge in [0.05, 0.1) is 17.8 Å². The van der Waals surface area contributed by atoms with Crippen LogP contribution in [0.2, 0.25) is 0 Å². The highest BCUT2D eigenvalue weighted by molar-refractivity contribution is 5.71. The fraction of sp³-hybridized carbons (Fsp3) is 0.462. The number of nitrogen functional groups attached to an aromatic ring is 1. The second-order valence-electron chi connectivity index (χ2n) is 5.24. The summed E-state index contributed by atoms with van der Waals surface area (Å²) in [5, 5.41) is 13.3. The van der Waals surface area contributed by atoms with Crippen molar-refractivity contribution in [3.8, 4) is 0 Å². The van der Waals surface area contributed by atoms with E-state index in [-0.39, 0.29) is 11.9 Å². The van der Waals surface area contributed by atoms with E-state index in [1.165, 1.54) is 0 Å². The number of anilines is 2. The van der Waals surface area contributed by atoms with E-state index in [9.17, 15) is 4.79 Å². The molecule has 3 heterocycles. The molecule has 1 saturated heterocycles. The van der Waals surface area contributed by atoms with E-state index < -0.39 is 5.97 Å². The summed E-state index contributed by atoms with van der Waals surface area (Å²) >= 11 is 0. The fourth-order valence-corrected chi connectivity index (χ4v) is 2.73. The maximum absolute atomic E-state index is 11.1. The maximum atomic E-state index is 11.1. The van der Waals surface area contributed by atoms with Crippen LogP contribution < -0.4 is 10.6 Å². The Morgan fingerprint density at radius 3 is 3.10 bits per heavy atom. The lowest BCUT2D eigenvalue weighted by atomic mass is 9.98. The van der Waals surface area contributed by atoms with Gasteiger partial charge in [0.1, 0.15) is 0 Å². The molecule has 2 aromatic heterocycles. The Balaban J connectivity index is 1.95. The second-order valence-corrected chi connectivity index (χ2v) is 5.24. The molecule has 3 N–H and O–H groups in total. The number of carboxylic acid groups (broad SMARTS) is 1. The lowest BCUT2D eigenvalue weighted by Gasteiger charge is -2.32. The third-order valence-electron chi connectivity index (χ3n) is 3.76. The van der Waals surface area contributed by atoms with Crippen LogP contribution >= 0.6 is 0 Å². The van der Waals surface area contributed by atoms with Gasteiger partial charge in [0.2, 0.25) is 5.95 Å². The summed E-state index contributed by atoms with van der Waals surface area (Å²) in [6.45, 7) is 3.34. The smallest absolute Gasteiger partial charge is 0.308 e. The molecule has 7 heteroatoms. The van der Waals surface area contributed by atoms with E-state index in [1.54, 1.807) is 4.52 Å². The number of hydrogen-bond acceptors (Lipinski definition) is 5. The van der Waals surface area contributed by atoms with E-state index in [1.807, 2.05) is 19.2 Å². The molecule has 0 bridgehead atoms. The van der Waals surface area contributed by atoms with Gasteiger partial charge in [-0.1, -0.05) is 0 Å². The molecule has 3 rings (SSSR count). The van der Waals surface area contributed by atoms with Crippen LogP contribution in [0.5, 0.6) is 0 Å². The highest BCUT2D eigenvalue weighted by Gasteiger charge is 2.26. The SMILES string of the molecule is Cc1cc(N2CCCC(C(=O)O)C2)cn2nc(N)nc12. The van der Waals surface area contributed by atoms with Crippen molar-refractivity contribution in [2.45, 2.75) is 19.8 Å². The molecule has 0 saturated carbocycles. The Hall–Kier alpha value is -2.31. The van der Waals surface area contributed by atoms with Gasteiger partial charge in [-0.2, -0.15) is 4.98 Å². The largest absolute Gasteiger partial charge is 0.481 e. The molecule has 2 aromatic rings. The van der Waals surface area contributed by atoms with E-state index in [0.29, 0.717) is 6.54 Å². The minimum atomic E-state index is -0.725. The van der Waals surface area contributed by atoms with Gasteiger partial charge in [0.25, 0.3) is 0 Å². The zero-order chi connectivity index (χ0) is 14.3. The third-order valence-corrected chi connectivity index (χ3v) is 3.76. The van der Waals surface area contributed by atoms with Crippen molar-refractivity contribution in [3.05, 3.63) is 17.8 Å². The molecule has 7 nitrogen and oxygen atoms in total. The van der Waals surface area contributed by atoms with Crippen molar-refractivity contribution in [2.24, 2.45) is 5.92 Å². The van der Waals surface area contributed by atoms with Crippen molar-refractivity contribution < 1.29 is 9.90 Å². The van der Waals surface area contributed by atoms with Crippen molar-refractivity contribution >= 4 is 23.3 Å². The maximum Gasteiger partial charge on any atom is 0.308 e. The van der Waals surface area contributed by atoms with Gasteiger partial charge in [-0.05, 0) is 31.4 Å². The molecule has 1 aliphatic rings. The summed E-state index contributed by atoms with van der Waals surface area (Å²) in [5.74, 6) is -0.787. The summed E-state index contributed by atoms with van der Waals surface area (Å²) < 4.78 is 1.66. The van der Waals surface area contributed by atoms with Gasteiger partial charge in [-0.15, -0.1) is 5.10 Å². The minimum Gasteiger partial charge on any atom is -0.481 e. The summed E-state index contributed by atoms with van der Waals surface area (Å²) in [5.41, 5.74) is 8.29. The summed E-state index contributed by atoms with van der Waals surface area (Å²) in [4.78, 5) is 17.4. The molecule has 1 fully saturated rings. The number of carbonyl (C=O) groups is 1. The first-order chi connectivity index (χ1) is 9.54. The Kier molecular flexibility index (Phi) is 2.96. The number of nitrogens with two attached hydrogens (primary N) is 1. The summed E-state index contributed by atoms with van der Waals surface area (Å²) in [6, 6.07) is 2.01. The molecule has 0 amide bonds. The first-order valence-electron chi connectivity index (χ1n) is 6.65. The van der Waals surface area contributed by atoms with Crippen molar-refractivity contribution in [3.63, 3.8) is 0 Å². The van der Waals surface area contributed by atoms with E-state index in [0.717, 1.165) is 36.3 Å². The van der Waals surface area contributed by atoms with Crippen molar-refractivity contribution in [1.29, 1.82) is 0 Å². The van der Waals surface area contributed by atoms with Crippen LogP contribution in [0.4, 0.5) is 11.6 Å². The molecule has 1 aliphatic heterocycles. The van der Waals surface area contributed by atoms with Gasteiger partial charge in [0.15, 0.2) is 5.65 Å². The van der Waals surface area contributed by atoms with Crippen LogP contribution in [0, 0.1) is 12.8 Å². The molecule has 0 radical (unpaired) electrons. The van der Waals surface area contributed by atoms with E-state index in [4.69, 9.17) is 10.8 Å². The first-order valence-corrected chi connectivity index (χ1v) is 6.65. The van der Waals surface area contributed by atoms with Crippen LogP contribution in [0.15, 0.2) is 12.3 Å². The number of nitrogens with zero attached hydrogens (tertiary/aromatic N) is 4. The Morgan fingerprint density at radius 1 is 1.55 bits per heavy atom. The predicted octanol–water partition coefficient (Wildman–Crippen LogP) is 0.921. The average Bonchev–Trinajstić information content (AvgIpc) is 2.80. The summed E-state index contributed by atoms with van der Waals surface area (Å²) in [7, 11) is 0. The normalized spacial score (nSPS) is 19.4. The zero-order valence-electron chi connectivity index (χ0n) is 11.3. The Labute approximate surface area is 116 Å². The first kappa shape index (κ1) is 12.7. The lowest BCUT2D eigenvalue weighted by Crippen LogP contribution is -2.38. The van der Waals surface area contributed by atoms with Gasteiger partial charge < -0.3 is 15.7 Å². The molecule has 0 aromatic carbocycles. The average molecular weight is 275 g/mol. The molecule has 0 aliphatic carbocycles. The lowest BCUT2D eigenvalue weighted by molar-refractivity contribution is -0.141. The molecule has 20 heavy (non-hydrogen) atoms. The monoisotopic (exact) mass is 275 g/mol.